The van der Waals surface area contributed by atoms with Gasteiger partial charge in [-0.15, -0.1) is 11.6 Å². The van der Waals surface area contributed by atoms with Gasteiger partial charge in [0.05, 0.1) is 11.0 Å². The lowest BCUT2D eigenvalue weighted by Crippen LogP contribution is -2.06. The van der Waals surface area contributed by atoms with E-state index in [-0.39, 0.29) is 0 Å². The van der Waals surface area contributed by atoms with Crippen molar-refractivity contribution in [3.63, 3.8) is 0 Å². The standard InChI is InChI=1S/C17H23ClN2/c18-12-11-17-19-15-9-3-4-10-16(15)20(17)13-5-8-14-6-1-2-7-14/h3-4,9-10,14H,1-2,5-8,11-13H2. The molecule has 2 nitrogen and oxygen atoms in total. The molecule has 1 heterocycles. The zero-order chi connectivity index (χ0) is 13.8. The predicted octanol–water partition coefficient (Wildman–Crippen LogP) is 4.79. The molecular weight excluding hydrogens is 268 g/mol. The van der Waals surface area contributed by atoms with Crippen LogP contribution in [0.15, 0.2) is 24.3 Å². The molecule has 0 spiro atoms. The highest BCUT2D eigenvalue weighted by Crippen LogP contribution is 2.29. The fourth-order valence-electron chi connectivity index (χ4n) is 3.49. The normalized spacial score (nSPS) is 16.2. The lowest BCUT2D eigenvalue weighted by Gasteiger charge is -2.11. The summed E-state index contributed by atoms with van der Waals surface area (Å²) in [6, 6.07) is 8.43. The van der Waals surface area contributed by atoms with Crippen LogP contribution in [0.25, 0.3) is 11.0 Å². The number of hydrogen-bond acceptors (Lipinski definition) is 1. The zero-order valence-corrected chi connectivity index (χ0v) is 12.8. The summed E-state index contributed by atoms with van der Waals surface area (Å²) in [4.78, 5) is 4.73. The summed E-state index contributed by atoms with van der Waals surface area (Å²) in [7, 11) is 0. The van der Waals surface area contributed by atoms with Gasteiger partial charge in [-0.25, -0.2) is 4.98 Å². The van der Waals surface area contributed by atoms with Gasteiger partial charge in [0.15, 0.2) is 0 Å². The van der Waals surface area contributed by atoms with Crippen molar-refractivity contribution in [2.24, 2.45) is 5.92 Å². The van der Waals surface area contributed by atoms with Gasteiger partial charge in [-0.1, -0.05) is 37.8 Å². The van der Waals surface area contributed by atoms with Gasteiger partial charge >= 0.3 is 0 Å². The third-order valence-corrected chi connectivity index (χ3v) is 4.71. The maximum Gasteiger partial charge on any atom is 0.111 e. The largest absolute Gasteiger partial charge is 0.328 e. The number of benzene rings is 1. The Labute approximate surface area is 126 Å². The minimum atomic E-state index is 0.645. The van der Waals surface area contributed by atoms with E-state index in [4.69, 9.17) is 16.6 Å². The third-order valence-electron chi connectivity index (χ3n) is 4.52. The van der Waals surface area contributed by atoms with Crippen molar-refractivity contribution in [1.82, 2.24) is 9.55 Å². The first kappa shape index (κ1) is 13.9. The van der Waals surface area contributed by atoms with Gasteiger partial charge in [0.1, 0.15) is 5.82 Å². The molecule has 3 rings (SSSR count). The molecule has 1 saturated carbocycles. The van der Waals surface area contributed by atoms with E-state index in [0.29, 0.717) is 5.88 Å². The third kappa shape index (κ3) is 3.01. The molecule has 0 amide bonds. The molecule has 20 heavy (non-hydrogen) atoms. The number of imidazole rings is 1. The van der Waals surface area contributed by atoms with Gasteiger partial charge in [-0.3, -0.25) is 0 Å². The summed E-state index contributed by atoms with van der Waals surface area (Å²) in [5.74, 6) is 2.76. The van der Waals surface area contributed by atoms with Crippen molar-refractivity contribution in [3.05, 3.63) is 30.1 Å². The minimum Gasteiger partial charge on any atom is -0.328 e. The van der Waals surface area contributed by atoms with Crippen LogP contribution < -0.4 is 0 Å². The minimum absolute atomic E-state index is 0.645. The van der Waals surface area contributed by atoms with Crippen molar-refractivity contribution in [3.8, 4) is 0 Å². The van der Waals surface area contributed by atoms with Crippen molar-refractivity contribution in [2.75, 3.05) is 5.88 Å². The van der Waals surface area contributed by atoms with Crippen LogP contribution in [0.1, 0.15) is 44.3 Å². The Morgan fingerprint density at radius 3 is 2.80 bits per heavy atom. The topological polar surface area (TPSA) is 17.8 Å². The smallest absolute Gasteiger partial charge is 0.111 e. The fourth-order valence-corrected chi connectivity index (χ4v) is 3.66. The van der Waals surface area contributed by atoms with Gasteiger partial charge in [-0.2, -0.15) is 0 Å². The maximum absolute atomic E-state index is 5.92. The van der Waals surface area contributed by atoms with Crippen LogP contribution in [0.4, 0.5) is 0 Å². The number of hydrogen-bond donors (Lipinski definition) is 0. The Morgan fingerprint density at radius 2 is 2.00 bits per heavy atom. The molecule has 0 aliphatic heterocycles. The summed E-state index contributed by atoms with van der Waals surface area (Å²) in [6.45, 7) is 1.09. The van der Waals surface area contributed by atoms with Gasteiger partial charge in [-0.05, 0) is 30.9 Å². The Balaban J connectivity index is 1.72. The number of halogens is 1. The number of aromatic nitrogens is 2. The van der Waals surface area contributed by atoms with Crippen LogP contribution >= 0.6 is 11.6 Å². The molecule has 1 aromatic carbocycles. The number of nitrogens with zero attached hydrogens (tertiary/aromatic N) is 2. The summed E-state index contributed by atoms with van der Waals surface area (Å²) >= 11 is 5.92. The van der Waals surface area contributed by atoms with E-state index in [1.165, 1.54) is 44.0 Å². The second-order valence-electron chi connectivity index (χ2n) is 5.90. The lowest BCUT2D eigenvalue weighted by atomic mass is 10.0. The van der Waals surface area contributed by atoms with Crippen LogP contribution in [0.3, 0.4) is 0 Å². The number of aryl methyl sites for hydroxylation is 2. The van der Waals surface area contributed by atoms with Crippen LogP contribution in [0.5, 0.6) is 0 Å². The van der Waals surface area contributed by atoms with Crippen molar-refractivity contribution in [2.45, 2.75) is 51.5 Å². The molecule has 0 radical (unpaired) electrons. The molecular formula is C17H23ClN2. The average molecular weight is 291 g/mol. The molecule has 108 valence electrons. The first-order valence-electron chi connectivity index (χ1n) is 7.88. The molecule has 0 unspecified atom stereocenters. The van der Waals surface area contributed by atoms with Crippen LogP contribution in [0, 0.1) is 5.92 Å². The summed E-state index contributed by atoms with van der Waals surface area (Å²) in [5, 5.41) is 0. The Morgan fingerprint density at radius 1 is 1.20 bits per heavy atom. The molecule has 3 heteroatoms. The summed E-state index contributed by atoms with van der Waals surface area (Å²) < 4.78 is 2.38. The Kier molecular flexibility index (Phi) is 4.62. The quantitative estimate of drug-likeness (QED) is 0.700. The van der Waals surface area contributed by atoms with E-state index in [1.54, 1.807) is 0 Å². The monoisotopic (exact) mass is 290 g/mol. The second kappa shape index (κ2) is 6.62. The van der Waals surface area contributed by atoms with E-state index in [1.807, 2.05) is 0 Å². The molecule has 0 saturated heterocycles. The number of rotatable bonds is 6. The van der Waals surface area contributed by atoms with Crippen molar-refractivity contribution < 1.29 is 0 Å². The van der Waals surface area contributed by atoms with Gasteiger partial charge in [0.25, 0.3) is 0 Å². The molecule has 1 fully saturated rings. The molecule has 0 N–H and O–H groups in total. The molecule has 0 bridgehead atoms. The lowest BCUT2D eigenvalue weighted by molar-refractivity contribution is 0.458. The maximum atomic E-state index is 5.92. The predicted molar refractivity (Wildman–Crippen MR) is 85.3 cm³/mol. The molecule has 2 aromatic rings. The highest BCUT2D eigenvalue weighted by Gasteiger charge is 2.15. The first-order chi connectivity index (χ1) is 9.88. The van der Waals surface area contributed by atoms with Gasteiger partial charge in [0.2, 0.25) is 0 Å². The molecule has 1 aromatic heterocycles. The highest BCUT2D eigenvalue weighted by atomic mass is 35.5. The zero-order valence-electron chi connectivity index (χ0n) is 12.0. The SMILES string of the molecule is ClCCc1nc2ccccc2n1CCCC1CCCC1. The van der Waals surface area contributed by atoms with E-state index < -0.39 is 0 Å². The second-order valence-corrected chi connectivity index (χ2v) is 6.28. The molecule has 1 aliphatic rings. The van der Waals surface area contributed by atoms with E-state index >= 15 is 0 Å². The Bertz CT molecular complexity index is 555. The Hall–Kier alpha value is -1.02. The number of fused-ring (bicyclic) bond motifs is 1. The number of alkyl halides is 1. The van der Waals surface area contributed by atoms with Crippen molar-refractivity contribution >= 4 is 22.6 Å². The van der Waals surface area contributed by atoms with Crippen molar-refractivity contribution in [1.29, 1.82) is 0 Å². The average Bonchev–Trinajstić information content (AvgIpc) is 3.08. The van der Waals surface area contributed by atoms with Crippen LogP contribution in [0.2, 0.25) is 0 Å². The summed E-state index contributed by atoms with van der Waals surface area (Å²) in [5.41, 5.74) is 2.37. The highest BCUT2D eigenvalue weighted by molar-refractivity contribution is 6.17. The van der Waals surface area contributed by atoms with E-state index in [2.05, 4.69) is 28.8 Å². The first-order valence-corrected chi connectivity index (χ1v) is 8.42. The number of para-hydroxylation sites is 2. The molecule has 1 aliphatic carbocycles. The van der Waals surface area contributed by atoms with E-state index in [9.17, 15) is 0 Å². The van der Waals surface area contributed by atoms with Gasteiger partial charge < -0.3 is 4.57 Å². The van der Waals surface area contributed by atoms with Crippen LogP contribution in [-0.4, -0.2) is 15.4 Å². The fraction of sp³-hybridized carbons (Fsp3) is 0.588. The summed E-state index contributed by atoms with van der Waals surface area (Å²) in [6.07, 6.45) is 9.26. The van der Waals surface area contributed by atoms with Crippen LogP contribution in [-0.2, 0) is 13.0 Å². The van der Waals surface area contributed by atoms with Gasteiger partial charge in [0, 0.05) is 18.8 Å². The molecule has 0 atom stereocenters. The van der Waals surface area contributed by atoms with E-state index in [0.717, 1.165) is 30.2 Å².